The van der Waals surface area contributed by atoms with E-state index in [0.717, 1.165) is 0 Å². The lowest BCUT2D eigenvalue weighted by Gasteiger charge is -1.83. The maximum Gasteiger partial charge on any atom is 0.182 e. The number of hydrogen-bond acceptors (Lipinski definition) is 3. The Morgan fingerprint density at radius 2 is 1.92 bits per heavy atom. The number of anilines is 1. The van der Waals surface area contributed by atoms with Gasteiger partial charge in [0.05, 0.1) is 7.18 Å². The number of nitrogen functional groups attached to an aromatic ring is 1. The molecule has 0 radical (unpaired) electrons. The summed E-state index contributed by atoms with van der Waals surface area (Å²) in [5.41, 5.74) is 6.77. The molecule has 0 aliphatic carbocycles. The van der Waals surface area contributed by atoms with Crippen molar-refractivity contribution in [3.8, 4) is 0 Å². The SMILES string of the molecule is C=Cc1onc(C)c1N.CC.CF. The predicted molar refractivity (Wildman–Crippen MR) is 54.1 cm³/mol. The van der Waals surface area contributed by atoms with Crippen LogP contribution in [0.4, 0.5) is 10.1 Å². The van der Waals surface area contributed by atoms with Crippen molar-refractivity contribution < 1.29 is 8.91 Å². The largest absolute Gasteiger partial charge is 0.394 e. The molecule has 1 aromatic rings. The highest BCUT2D eigenvalue weighted by molar-refractivity contribution is 5.59. The van der Waals surface area contributed by atoms with Crippen LogP contribution in [0.1, 0.15) is 25.3 Å². The van der Waals surface area contributed by atoms with E-state index in [1.165, 1.54) is 6.08 Å². The van der Waals surface area contributed by atoms with Crippen LogP contribution in [-0.4, -0.2) is 12.3 Å². The average Bonchev–Trinajstić information content (AvgIpc) is 2.54. The van der Waals surface area contributed by atoms with Crippen LogP contribution in [0.2, 0.25) is 0 Å². The molecule has 2 N–H and O–H groups in total. The van der Waals surface area contributed by atoms with Crippen LogP contribution in [0.15, 0.2) is 11.1 Å². The van der Waals surface area contributed by atoms with Gasteiger partial charge in [-0.1, -0.05) is 25.6 Å². The Bertz CT molecular complexity index is 234. The third-order valence-electron chi connectivity index (χ3n) is 1.12. The van der Waals surface area contributed by atoms with Gasteiger partial charge in [-0.15, -0.1) is 0 Å². The molecule has 0 aromatic carbocycles. The summed E-state index contributed by atoms with van der Waals surface area (Å²) in [5.74, 6) is 0.549. The Morgan fingerprint density at radius 3 is 2.08 bits per heavy atom. The predicted octanol–water partition coefficient (Wildman–Crippen LogP) is 2.82. The Hall–Kier alpha value is -1.32. The molecule has 0 atom stereocenters. The Balaban J connectivity index is 0. The molecule has 1 aromatic heterocycles. The summed E-state index contributed by atoms with van der Waals surface area (Å²) in [6.07, 6.45) is 1.54. The highest BCUT2D eigenvalue weighted by atomic mass is 19.1. The van der Waals surface area contributed by atoms with Gasteiger partial charge in [-0.25, -0.2) is 0 Å². The molecule has 1 heterocycles. The lowest BCUT2D eigenvalue weighted by molar-refractivity contribution is 0.408. The van der Waals surface area contributed by atoms with E-state index in [1.54, 1.807) is 6.92 Å². The van der Waals surface area contributed by atoms with E-state index in [1.807, 2.05) is 13.8 Å². The molecule has 0 fully saturated rings. The van der Waals surface area contributed by atoms with E-state index in [2.05, 4.69) is 11.7 Å². The van der Waals surface area contributed by atoms with Crippen molar-refractivity contribution in [1.82, 2.24) is 5.16 Å². The van der Waals surface area contributed by atoms with Gasteiger partial charge in [-0.3, -0.25) is 4.39 Å². The van der Waals surface area contributed by atoms with E-state index in [-0.39, 0.29) is 0 Å². The second kappa shape index (κ2) is 8.77. The fourth-order valence-corrected chi connectivity index (χ4v) is 0.542. The lowest BCUT2D eigenvalue weighted by atomic mass is 10.3. The number of aromatic nitrogens is 1. The molecule has 0 aliphatic rings. The smallest absolute Gasteiger partial charge is 0.182 e. The topological polar surface area (TPSA) is 52.0 Å². The molecule has 13 heavy (non-hydrogen) atoms. The minimum absolute atomic E-state index is 0.500. The van der Waals surface area contributed by atoms with Crippen LogP contribution in [-0.2, 0) is 0 Å². The quantitative estimate of drug-likeness (QED) is 0.737. The molecule has 0 unspecified atom stereocenters. The molecule has 0 saturated carbocycles. The third-order valence-corrected chi connectivity index (χ3v) is 1.12. The zero-order chi connectivity index (χ0) is 10.9. The summed E-state index contributed by atoms with van der Waals surface area (Å²) in [7, 11) is 0.500. The number of rotatable bonds is 1. The summed E-state index contributed by atoms with van der Waals surface area (Å²) in [4.78, 5) is 0. The third kappa shape index (κ3) is 4.30. The van der Waals surface area contributed by atoms with Crippen LogP contribution in [0.3, 0.4) is 0 Å². The molecule has 4 heteroatoms. The van der Waals surface area contributed by atoms with Crippen molar-refractivity contribution in [2.24, 2.45) is 0 Å². The fourth-order valence-electron chi connectivity index (χ4n) is 0.542. The van der Waals surface area contributed by atoms with E-state index >= 15 is 0 Å². The zero-order valence-electron chi connectivity index (χ0n) is 8.60. The van der Waals surface area contributed by atoms with E-state index in [0.29, 0.717) is 24.3 Å². The number of aryl methyl sites for hydroxylation is 1. The van der Waals surface area contributed by atoms with Crippen molar-refractivity contribution in [2.75, 3.05) is 12.9 Å². The minimum Gasteiger partial charge on any atom is -0.394 e. The molecule has 76 valence electrons. The van der Waals surface area contributed by atoms with Crippen molar-refractivity contribution in [1.29, 1.82) is 0 Å². The number of halogens is 1. The van der Waals surface area contributed by atoms with Crippen LogP contribution >= 0.6 is 0 Å². The Morgan fingerprint density at radius 1 is 1.46 bits per heavy atom. The molecule has 1 rings (SSSR count). The van der Waals surface area contributed by atoms with Crippen LogP contribution < -0.4 is 5.73 Å². The summed E-state index contributed by atoms with van der Waals surface area (Å²) in [6, 6.07) is 0. The van der Waals surface area contributed by atoms with Crippen molar-refractivity contribution in [2.45, 2.75) is 20.8 Å². The van der Waals surface area contributed by atoms with Gasteiger partial charge in [0.25, 0.3) is 0 Å². The summed E-state index contributed by atoms with van der Waals surface area (Å²) < 4.78 is 14.3. The normalized spacial score (nSPS) is 7.46. The Kier molecular flexibility index (Phi) is 9.60. The van der Waals surface area contributed by atoms with Gasteiger partial charge in [0.1, 0.15) is 11.4 Å². The summed E-state index contributed by atoms with van der Waals surface area (Å²) in [6.45, 7) is 9.27. The number of nitrogens with zero attached hydrogens (tertiary/aromatic N) is 1. The standard InChI is InChI=1S/C6H8N2O.C2H6.CH3F/c1-3-5-6(7)4(2)8-9-5;2*1-2/h3H,1,7H2,2H3;1-2H3;1H3. The van der Waals surface area contributed by atoms with E-state index < -0.39 is 0 Å². The van der Waals surface area contributed by atoms with Gasteiger partial charge >= 0.3 is 0 Å². The highest BCUT2D eigenvalue weighted by Crippen LogP contribution is 2.15. The number of hydrogen-bond donors (Lipinski definition) is 1. The fraction of sp³-hybridized carbons (Fsp3) is 0.444. The van der Waals surface area contributed by atoms with Gasteiger partial charge in [0.2, 0.25) is 0 Å². The second-order valence-electron chi connectivity index (χ2n) is 1.75. The first kappa shape index (κ1) is 14.2. The highest BCUT2D eigenvalue weighted by Gasteiger charge is 2.03. The van der Waals surface area contributed by atoms with Gasteiger partial charge in [0.15, 0.2) is 5.76 Å². The molecule has 0 bridgehead atoms. The monoisotopic (exact) mass is 188 g/mol. The maximum atomic E-state index is 9.50. The van der Waals surface area contributed by atoms with Crippen LogP contribution in [0.5, 0.6) is 0 Å². The molecular formula is C9H17FN2O. The van der Waals surface area contributed by atoms with Crippen LogP contribution in [0.25, 0.3) is 6.08 Å². The first-order valence-electron chi connectivity index (χ1n) is 3.97. The lowest BCUT2D eigenvalue weighted by Crippen LogP contribution is -1.86. The molecule has 0 aliphatic heterocycles. The maximum absolute atomic E-state index is 9.50. The molecular weight excluding hydrogens is 171 g/mol. The van der Waals surface area contributed by atoms with Crippen LogP contribution in [0, 0.1) is 6.92 Å². The van der Waals surface area contributed by atoms with Crippen molar-refractivity contribution >= 4 is 11.8 Å². The molecule has 0 amide bonds. The van der Waals surface area contributed by atoms with Gasteiger partial charge < -0.3 is 10.3 Å². The summed E-state index contributed by atoms with van der Waals surface area (Å²) in [5, 5.41) is 3.62. The molecule has 0 saturated heterocycles. The summed E-state index contributed by atoms with van der Waals surface area (Å²) >= 11 is 0. The Labute approximate surface area is 78.4 Å². The van der Waals surface area contributed by atoms with Gasteiger partial charge in [0, 0.05) is 0 Å². The van der Waals surface area contributed by atoms with E-state index in [4.69, 9.17) is 10.3 Å². The zero-order valence-corrected chi connectivity index (χ0v) is 8.60. The first-order chi connectivity index (χ1) is 6.25. The molecule has 0 spiro atoms. The molecule has 3 nitrogen and oxygen atoms in total. The van der Waals surface area contributed by atoms with E-state index in [9.17, 15) is 4.39 Å². The number of nitrogens with two attached hydrogens (primary N) is 1. The second-order valence-corrected chi connectivity index (χ2v) is 1.75. The van der Waals surface area contributed by atoms with Crippen molar-refractivity contribution in [3.05, 3.63) is 18.0 Å². The first-order valence-corrected chi connectivity index (χ1v) is 3.97. The van der Waals surface area contributed by atoms with Gasteiger partial charge in [-0.2, -0.15) is 0 Å². The van der Waals surface area contributed by atoms with Gasteiger partial charge in [-0.05, 0) is 13.0 Å². The van der Waals surface area contributed by atoms with Crippen molar-refractivity contribution in [3.63, 3.8) is 0 Å². The number of alkyl halides is 1. The minimum atomic E-state index is 0.500. The average molecular weight is 188 g/mol.